The monoisotopic (exact) mass is 200 g/mol. The second-order valence-electron chi connectivity index (χ2n) is 5.22. The van der Waals surface area contributed by atoms with Gasteiger partial charge in [-0.1, -0.05) is 0 Å². The Hall–Kier alpha value is -0.570. The van der Waals surface area contributed by atoms with Crippen LogP contribution in [0, 0.1) is 11.8 Å². The maximum absolute atomic E-state index is 10.4. The molecule has 3 heteroatoms. The summed E-state index contributed by atoms with van der Waals surface area (Å²) in [7, 11) is 0. The maximum Gasteiger partial charge on any atom is 0.303 e. The van der Waals surface area contributed by atoms with Crippen LogP contribution in [-0.4, -0.2) is 23.3 Å². The van der Waals surface area contributed by atoms with E-state index in [2.05, 4.69) is 0 Å². The summed E-state index contributed by atoms with van der Waals surface area (Å²) >= 11 is 0. The Morgan fingerprint density at radius 1 is 1.36 bits per heavy atom. The first kappa shape index (κ1) is 11.5. The second-order valence-corrected chi connectivity index (χ2v) is 5.22. The van der Waals surface area contributed by atoms with Gasteiger partial charge in [0.1, 0.15) is 0 Å². The summed E-state index contributed by atoms with van der Waals surface area (Å²) in [6.07, 6.45) is 2.36. The highest BCUT2D eigenvalue weighted by Gasteiger charge is 2.31. The zero-order chi connectivity index (χ0) is 10.8. The molecule has 1 saturated carbocycles. The summed E-state index contributed by atoms with van der Waals surface area (Å²) in [6, 6.07) is 0. The molecule has 1 N–H and O–H groups in total. The molecule has 14 heavy (non-hydrogen) atoms. The highest BCUT2D eigenvalue weighted by molar-refractivity contribution is 5.67. The molecule has 1 aliphatic carbocycles. The average Bonchev–Trinajstić information content (AvgIpc) is 1.90. The van der Waals surface area contributed by atoms with Crippen LogP contribution in [-0.2, 0) is 9.53 Å². The number of aliphatic carboxylic acids is 1. The van der Waals surface area contributed by atoms with E-state index in [1.54, 1.807) is 0 Å². The van der Waals surface area contributed by atoms with Gasteiger partial charge in [-0.05, 0) is 45.4 Å². The smallest absolute Gasteiger partial charge is 0.303 e. The quantitative estimate of drug-likeness (QED) is 0.757. The van der Waals surface area contributed by atoms with Crippen molar-refractivity contribution in [2.45, 2.75) is 45.6 Å². The molecule has 0 aliphatic heterocycles. The molecule has 0 radical (unpaired) electrons. The number of hydrogen-bond acceptors (Lipinski definition) is 2. The van der Waals surface area contributed by atoms with Crippen molar-refractivity contribution < 1.29 is 14.6 Å². The summed E-state index contributed by atoms with van der Waals surface area (Å²) in [5.41, 5.74) is -0.0715. The van der Waals surface area contributed by atoms with Crippen molar-refractivity contribution in [3.05, 3.63) is 0 Å². The van der Waals surface area contributed by atoms with Crippen molar-refractivity contribution in [3.63, 3.8) is 0 Å². The minimum atomic E-state index is -0.676. The SMILES string of the molecule is CC(C)(C)OCC1CC(CC(=O)O)C1. The van der Waals surface area contributed by atoms with Crippen molar-refractivity contribution in [2.75, 3.05) is 6.61 Å². The summed E-state index contributed by atoms with van der Waals surface area (Å²) in [6.45, 7) is 6.90. The predicted octanol–water partition coefficient (Wildman–Crippen LogP) is 2.30. The Labute approximate surface area is 85.5 Å². The van der Waals surface area contributed by atoms with Gasteiger partial charge >= 0.3 is 5.97 Å². The highest BCUT2D eigenvalue weighted by atomic mass is 16.5. The predicted molar refractivity (Wildman–Crippen MR) is 54.2 cm³/mol. The minimum absolute atomic E-state index is 0.0715. The molecule has 1 fully saturated rings. The van der Waals surface area contributed by atoms with E-state index in [0.717, 1.165) is 19.4 Å². The maximum atomic E-state index is 10.4. The lowest BCUT2D eigenvalue weighted by molar-refractivity contribution is -0.139. The Morgan fingerprint density at radius 2 is 1.93 bits per heavy atom. The topological polar surface area (TPSA) is 46.5 Å². The fourth-order valence-corrected chi connectivity index (χ4v) is 1.79. The number of carbonyl (C=O) groups is 1. The van der Waals surface area contributed by atoms with E-state index in [1.165, 1.54) is 0 Å². The Kier molecular flexibility index (Phi) is 3.53. The van der Waals surface area contributed by atoms with Crippen molar-refractivity contribution >= 4 is 5.97 Å². The van der Waals surface area contributed by atoms with Gasteiger partial charge < -0.3 is 9.84 Å². The Bertz CT molecular complexity index is 199. The third-order valence-corrected chi connectivity index (χ3v) is 2.55. The molecule has 0 unspecified atom stereocenters. The van der Waals surface area contributed by atoms with Crippen LogP contribution in [0.2, 0.25) is 0 Å². The molecule has 3 nitrogen and oxygen atoms in total. The van der Waals surface area contributed by atoms with E-state index in [-0.39, 0.29) is 5.60 Å². The summed E-state index contributed by atoms with van der Waals surface area (Å²) in [5, 5.41) is 8.56. The van der Waals surface area contributed by atoms with Gasteiger partial charge in [0.05, 0.1) is 12.2 Å². The molecule has 1 rings (SSSR count). The highest BCUT2D eigenvalue weighted by Crippen LogP contribution is 2.36. The first-order chi connectivity index (χ1) is 6.37. The van der Waals surface area contributed by atoms with Crippen LogP contribution < -0.4 is 0 Å². The number of carboxylic acid groups (broad SMARTS) is 1. The summed E-state index contributed by atoms with van der Waals surface area (Å²) in [4.78, 5) is 10.4. The van der Waals surface area contributed by atoms with Crippen molar-refractivity contribution in [1.82, 2.24) is 0 Å². The third kappa shape index (κ3) is 4.09. The molecule has 0 aromatic carbocycles. The first-order valence-corrected chi connectivity index (χ1v) is 5.22. The van der Waals surface area contributed by atoms with E-state index in [1.807, 2.05) is 20.8 Å². The van der Waals surface area contributed by atoms with Crippen LogP contribution in [0.5, 0.6) is 0 Å². The molecule has 0 bridgehead atoms. The molecular formula is C11H20O3. The van der Waals surface area contributed by atoms with E-state index in [0.29, 0.717) is 18.3 Å². The summed E-state index contributed by atoms with van der Waals surface area (Å²) < 4.78 is 5.64. The lowest BCUT2D eigenvalue weighted by Crippen LogP contribution is -2.32. The van der Waals surface area contributed by atoms with Gasteiger partial charge in [-0.3, -0.25) is 4.79 Å². The lowest BCUT2D eigenvalue weighted by atomic mass is 9.74. The van der Waals surface area contributed by atoms with Crippen LogP contribution in [0.4, 0.5) is 0 Å². The Morgan fingerprint density at radius 3 is 2.36 bits per heavy atom. The van der Waals surface area contributed by atoms with Gasteiger partial charge in [-0.15, -0.1) is 0 Å². The molecule has 0 saturated heterocycles. The number of carboxylic acids is 1. The standard InChI is InChI=1S/C11H20O3/c1-11(2,3)14-7-9-4-8(5-9)6-10(12)13/h8-9H,4-7H2,1-3H3,(H,12,13). The van der Waals surface area contributed by atoms with Gasteiger partial charge in [0.2, 0.25) is 0 Å². The molecule has 82 valence electrons. The minimum Gasteiger partial charge on any atom is -0.481 e. The van der Waals surface area contributed by atoms with Gasteiger partial charge in [-0.25, -0.2) is 0 Å². The van der Waals surface area contributed by atoms with Crippen LogP contribution in [0.15, 0.2) is 0 Å². The van der Waals surface area contributed by atoms with E-state index >= 15 is 0 Å². The van der Waals surface area contributed by atoms with Crippen molar-refractivity contribution in [2.24, 2.45) is 11.8 Å². The third-order valence-electron chi connectivity index (χ3n) is 2.55. The van der Waals surface area contributed by atoms with Crippen molar-refractivity contribution in [3.8, 4) is 0 Å². The van der Waals surface area contributed by atoms with Gasteiger partial charge in [0.25, 0.3) is 0 Å². The van der Waals surface area contributed by atoms with E-state index < -0.39 is 5.97 Å². The van der Waals surface area contributed by atoms with Crippen LogP contribution in [0.25, 0.3) is 0 Å². The molecule has 0 atom stereocenters. The fraction of sp³-hybridized carbons (Fsp3) is 0.909. The van der Waals surface area contributed by atoms with Gasteiger partial charge in [0.15, 0.2) is 0 Å². The van der Waals surface area contributed by atoms with Crippen LogP contribution in [0.3, 0.4) is 0 Å². The van der Waals surface area contributed by atoms with E-state index in [9.17, 15) is 4.79 Å². The van der Waals surface area contributed by atoms with Gasteiger partial charge in [0, 0.05) is 6.42 Å². The largest absolute Gasteiger partial charge is 0.481 e. The van der Waals surface area contributed by atoms with Gasteiger partial charge in [-0.2, -0.15) is 0 Å². The molecule has 0 heterocycles. The first-order valence-electron chi connectivity index (χ1n) is 5.22. The number of rotatable bonds is 4. The molecule has 0 aromatic rings. The van der Waals surface area contributed by atoms with Crippen LogP contribution >= 0.6 is 0 Å². The number of ether oxygens (including phenoxy) is 1. The molecule has 0 amide bonds. The zero-order valence-corrected chi connectivity index (χ0v) is 9.25. The summed E-state index contributed by atoms with van der Waals surface area (Å²) in [5.74, 6) is 0.296. The van der Waals surface area contributed by atoms with E-state index in [4.69, 9.17) is 9.84 Å². The zero-order valence-electron chi connectivity index (χ0n) is 9.25. The Balaban J connectivity index is 2.07. The lowest BCUT2D eigenvalue weighted by Gasteiger charge is -2.36. The molecular weight excluding hydrogens is 180 g/mol. The molecule has 0 spiro atoms. The van der Waals surface area contributed by atoms with Crippen LogP contribution in [0.1, 0.15) is 40.0 Å². The molecule has 1 aliphatic rings. The average molecular weight is 200 g/mol. The molecule has 0 aromatic heterocycles. The second kappa shape index (κ2) is 4.30. The fourth-order valence-electron chi connectivity index (χ4n) is 1.79. The van der Waals surface area contributed by atoms with Crippen molar-refractivity contribution in [1.29, 1.82) is 0 Å². The number of hydrogen-bond donors (Lipinski definition) is 1. The normalized spacial score (nSPS) is 27.1.